The molecule has 0 bridgehead atoms. The van der Waals surface area contributed by atoms with Crippen LogP contribution in [0.5, 0.6) is 5.75 Å². The number of hydrogen-bond donors (Lipinski definition) is 1. The Hall–Kier alpha value is -3.33. The van der Waals surface area contributed by atoms with Gasteiger partial charge in [-0.1, -0.05) is 42.5 Å². The normalized spacial score (nSPS) is 11.9. The Bertz CT molecular complexity index is 987. The molecule has 0 spiro atoms. The van der Waals surface area contributed by atoms with Gasteiger partial charge in [-0.15, -0.1) is 0 Å². The zero-order chi connectivity index (χ0) is 17.9. The summed E-state index contributed by atoms with van der Waals surface area (Å²) in [6.45, 7) is 0. The van der Waals surface area contributed by atoms with Crippen molar-refractivity contribution in [1.29, 1.82) is 0 Å². The third kappa shape index (κ3) is 3.24. The number of carbonyl (C=O) groups excluding carboxylic acids is 1. The number of anilines is 1. The summed E-state index contributed by atoms with van der Waals surface area (Å²) < 4.78 is 5.13. The van der Waals surface area contributed by atoms with Gasteiger partial charge in [0, 0.05) is 11.8 Å². The third-order valence-electron chi connectivity index (χ3n) is 4.60. The molecular formula is C23H19NO2. The maximum absolute atomic E-state index is 12.2. The molecule has 0 aromatic heterocycles. The van der Waals surface area contributed by atoms with Gasteiger partial charge in [0.05, 0.1) is 7.11 Å². The molecule has 1 aliphatic rings. The van der Waals surface area contributed by atoms with Gasteiger partial charge in [0.15, 0.2) is 0 Å². The highest BCUT2D eigenvalue weighted by Gasteiger charge is 2.17. The quantitative estimate of drug-likeness (QED) is 0.535. The minimum atomic E-state index is -0.142. The van der Waals surface area contributed by atoms with Crippen LogP contribution in [0.15, 0.2) is 72.8 Å². The number of hydrogen-bond acceptors (Lipinski definition) is 2. The van der Waals surface area contributed by atoms with Crippen LogP contribution >= 0.6 is 0 Å². The van der Waals surface area contributed by atoms with Gasteiger partial charge in [0.25, 0.3) is 0 Å². The average molecular weight is 341 g/mol. The van der Waals surface area contributed by atoms with Gasteiger partial charge in [-0.2, -0.15) is 0 Å². The Balaban J connectivity index is 1.45. The highest BCUT2D eigenvalue weighted by molar-refractivity contribution is 6.02. The van der Waals surface area contributed by atoms with E-state index in [9.17, 15) is 4.79 Å². The van der Waals surface area contributed by atoms with Gasteiger partial charge < -0.3 is 10.1 Å². The molecule has 0 saturated heterocycles. The Kier molecular flexibility index (Phi) is 4.28. The second kappa shape index (κ2) is 6.89. The molecule has 3 heteroatoms. The molecule has 3 nitrogen and oxygen atoms in total. The molecule has 0 radical (unpaired) electrons. The van der Waals surface area contributed by atoms with Crippen molar-refractivity contribution < 1.29 is 9.53 Å². The summed E-state index contributed by atoms with van der Waals surface area (Å²) in [6.07, 6.45) is 4.25. The topological polar surface area (TPSA) is 38.3 Å². The lowest BCUT2D eigenvalue weighted by molar-refractivity contribution is -0.111. The van der Waals surface area contributed by atoms with Crippen LogP contribution in [0.25, 0.3) is 17.2 Å². The maximum atomic E-state index is 12.2. The largest absolute Gasteiger partial charge is 0.497 e. The van der Waals surface area contributed by atoms with E-state index in [2.05, 4.69) is 41.7 Å². The van der Waals surface area contributed by atoms with Gasteiger partial charge in [-0.05, 0) is 64.6 Å². The summed E-state index contributed by atoms with van der Waals surface area (Å²) in [7, 11) is 1.63. The van der Waals surface area contributed by atoms with E-state index in [1.807, 2.05) is 30.3 Å². The molecule has 26 heavy (non-hydrogen) atoms. The van der Waals surface area contributed by atoms with Crippen LogP contribution in [-0.4, -0.2) is 13.0 Å². The van der Waals surface area contributed by atoms with Crippen molar-refractivity contribution in [1.82, 2.24) is 0 Å². The number of amides is 1. The summed E-state index contributed by atoms with van der Waals surface area (Å²) in [5, 5.41) is 2.94. The van der Waals surface area contributed by atoms with Crippen molar-refractivity contribution in [2.45, 2.75) is 6.42 Å². The van der Waals surface area contributed by atoms with Gasteiger partial charge >= 0.3 is 0 Å². The molecule has 1 N–H and O–H groups in total. The molecule has 1 aliphatic carbocycles. The Labute approximate surface area is 152 Å². The molecule has 0 saturated carbocycles. The summed E-state index contributed by atoms with van der Waals surface area (Å²) in [4.78, 5) is 12.2. The third-order valence-corrected chi connectivity index (χ3v) is 4.60. The molecular weight excluding hydrogens is 322 g/mol. The zero-order valence-electron chi connectivity index (χ0n) is 14.5. The van der Waals surface area contributed by atoms with Gasteiger partial charge in [-0.3, -0.25) is 4.79 Å². The average Bonchev–Trinajstić information content (AvgIpc) is 3.04. The van der Waals surface area contributed by atoms with Crippen LogP contribution in [-0.2, 0) is 11.2 Å². The number of methoxy groups -OCH3 is 1. The number of benzene rings is 3. The van der Waals surface area contributed by atoms with Crippen LogP contribution in [0, 0.1) is 0 Å². The fraction of sp³-hybridized carbons (Fsp3) is 0.0870. The van der Waals surface area contributed by atoms with Crippen molar-refractivity contribution in [2.24, 2.45) is 0 Å². The number of ether oxygens (including phenoxy) is 1. The number of rotatable bonds is 4. The lowest BCUT2D eigenvalue weighted by Crippen LogP contribution is -2.07. The molecule has 0 aliphatic heterocycles. The van der Waals surface area contributed by atoms with Gasteiger partial charge in [-0.25, -0.2) is 0 Å². The minimum absolute atomic E-state index is 0.142. The van der Waals surface area contributed by atoms with Crippen LogP contribution in [0.2, 0.25) is 0 Å². The molecule has 0 fully saturated rings. The molecule has 3 aromatic carbocycles. The standard InChI is InChI=1S/C23H19NO2/c1-26-20-10-6-16(7-11-20)8-13-23(25)24-19-9-12-22-18(15-19)14-17-4-2-3-5-21(17)22/h2-13,15H,14H2,1H3,(H,24,25). The fourth-order valence-corrected chi connectivity index (χ4v) is 3.29. The van der Waals surface area contributed by atoms with E-state index in [0.29, 0.717) is 0 Å². The number of fused-ring (bicyclic) bond motifs is 3. The Morgan fingerprint density at radius 3 is 2.54 bits per heavy atom. The van der Waals surface area contributed by atoms with Crippen molar-refractivity contribution in [3.63, 3.8) is 0 Å². The van der Waals surface area contributed by atoms with Crippen LogP contribution < -0.4 is 10.1 Å². The summed E-state index contributed by atoms with van der Waals surface area (Å²) in [5.41, 5.74) is 6.91. The molecule has 0 heterocycles. The van der Waals surface area contributed by atoms with Crippen molar-refractivity contribution in [2.75, 3.05) is 12.4 Å². The minimum Gasteiger partial charge on any atom is -0.497 e. The second-order valence-corrected chi connectivity index (χ2v) is 6.30. The van der Waals surface area contributed by atoms with Crippen molar-refractivity contribution >= 4 is 17.7 Å². The lowest BCUT2D eigenvalue weighted by atomic mass is 10.1. The van der Waals surface area contributed by atoms with E-state index in [1.54, 1.807) is 19.3 Å². The number of carbonyl (C=O) groups is 1. The molecule has 4 rings (SSSR count). The van der Waals surface area contributed by atoms with Gasteiger partial charge in [0.1, 0.15) is 5.75 Å². The first-order chi connectivity index (χ1) is 12.7. The molecule has 128 valence electrons. The predicted octanol–water partition coefficient (Wildman–Crippen LogP) is 4.92. The predicted molar refractivity (Wildman–Crippen MR) is 105 cm³/mol. The second-order valence-electron chi connectivity index (χ2n) is 6.30. The van der Waals surface area contributed by atoms with E-state index in [-0.39, 0.29) is 5.91 Å². The molecule has 1 amide bonds. The van der Waals surface area contributed by atoms with E-state index < -0.39 is 0 Å². The lowest BCUT2D eigenvalue weighted by Gasteiger charge is -2.06. The molecule has 0 atom stereocenters. The SMILES string of the molecule is COc1ccc(C=CC(=O)Nc2ccc3c(c2)Cc2ccccc2-3)cc1. The first kappa shape index (κ1) is 16.2. The van der Waals surface area contributed by atoms with Crippen LogP contribution in [0.4, 0.5) is 5.69 Å². The Morgan fingerprint density at radius 1 is 0.962 bits per heavy atom. The van der Waals surface area contributed by atoms with E-state index in [4.69, 9.17) is 4.74 Å². The van der Waals surface area contributed by atoms with Crippen molar-refractivity contribution in [3.05, 3.63) is 89.5 Å². The van der Waals surface area contributed by atoms with E-state index in [1.165, 1.54) is 22.3 Å². The highest BCUT2D eigenvalue weighted by atomic mass is 16.5. The molecule has 0 unspecified atom stereocenters. The summed E-state index contributed by atoms with van der Waals surface area (Å²) in [6, 6.07) is 22.1. The molecule has 3 aromatic rings. The summed E-state index contributed by atoms with van der Waals surface area (Å²) >= 11 is 0. The van der Waals surface area contributed by atoms with Gasteiger partial charge in [0.2, 0.25) is 5.91 Å². The van der Waals surface area contributed by atoms with E-state index >= 15 is 0 Å². The first-order valence-corrected chi connectivity index (χ1v) is 8.57. The monoisotopic (exact) mass is 341 g/mol. The number of nitrogens with one attached hydrogen (secondary N) is 1. The van der Waals surface area contributed by atoms with Crippen LogP contribution in [0.1, 0.15) is 16.7 Å². The Morgan fingerprint density at radius 2 is 1.73 bits per heavy atom. The van der Waals surface area contributed by atoms with Crippen LogP contribution in [0.3, 0.4) is 0 Å². The fourth-order valence-electron chi connectivity index (χ4n) is 3.29. The van der Waals surface area contributed by atoms with Crippen molar-refractivity contribution in [3.8, 4) is 16.9 Å². The zero-order valence-corrected chi connectivity index (χ0v) is 14.5. The maximum Gasteiger partial charge on any atom is 0.248 e. The smallest absolute Gasteiger partial charge is 0.248 e. The van der Waals surface area contributed by atoms with E-state index in [0.717, 1.165) is 23.4 Å². The summed E-state index contributed by atoms with van der Waals surface area (Å²) in [5.74, 6) is 0.655. The first-order valence-electron chi connectivity index (χ1n) is 8.57. The highest BCUT2D eigenvalue weighted by Crippen LogP contribution is 2.37.